The average Bonchev–Trinajstić information content (AvgIpc) is 2.60. The number of hydrogen-bond acceptors (Lipinski definition) is 6. The minimum atomic E-state index is -0.748. The van der Waals surface area contributed by atoms with Crippen molar-refractivity contribution in [3.8, 4) is 0 Å². The number of morpholine rings is 1. The van der Waals surface area contributed by atoms with Crippen LogP contribution in [0, 0.1) is 0 Å². The van der Waals surface area contributed by atoms with Crippen molar-refractivity contribution >= 4 is 12.1 Å². The number of hydroxylamine groups is 1. The van der Waals surface area contributed by atoms with E-state index in [1.165, 1.54) is 4.90 Å². The topological polar surface area (TPSA) is 77.1 Å². The van der Waals surface area contributed by atoms with E-state index >= 15 is 0 Å². The number of nitrogens with zero attached hydrogens (tertiary/aromatic N) is 1. The number of amides is 1. The van der Waals surface area contributed by atoms with Crippen LogP contribution in [0.2, 0.25) is 0 Å². The highest BCUT2D eigenvalue weighted by atomic mass is 16.7. The van der Waals surface area contributed by atoms with Crippen LogP contribution >= 0.6 is 0 Å². The Hall–Kier alpha value is -2.12. The minimum Gasteiger partial charge on any atom is -0.465 e. The van der Waals surface area contributed by atoms with Crippen molar-refractivity contribution in [3.05, 3.63) is 35.9 Å². The van der Waals surface area contributed by atoms with Crippen molar-refractivity contribution < 1.29 is 23.9 Å². The van der Waals surface area contributed by atoms with Gasteiger partial charge in [0, 0.05) is 19.5 Å². The van der Waals surface area contributed by atoms with Crippen LogP contribution < -0.4 is 5.48 Å². The second-order valence-corrected chi connectivity index (χ2v) is 5.08. The van der Waals surface area contributed by atoms with Crippen LogP contribution in [-0.4, -0.2) is 55.9 Å². The molecule has 1 aliphatic heterocycles. The van der Waals surface area contributed by atoms with E-state index in [-0.39, 0.29) is 6.61 Å². The van der Waals surface area contributed by atoms with Gasteiger partial charge in [0.15, 0.2) is 0 Å². The van der Waals surface area contributed by atoms with Gasteiger partial charge in [-0.2, -0.15) is 0 Å². The molecule has 0 unspecified atom stereocenters. The van der Waals surface area contributed by atoms with E-state index < -0.39 is 18.1 Å². The normalized spacial score (nSPS) is 15.8. The van der Waals surface area contributed by atoms with E-state index in [0.717, 1.165) is 5.56 Å². The smallest absolute Gasteiger partial charge is 0.428 e. The highest BCUT2D eigenvalue weighted by Crippen LogP contribution is 2.06. The molecule has 0 aromatic heterocycles. The summed E-state index contributed by atoms with van der Waals surface area (Å²) in [5.74, 6) is -0.453. The van der Waals surface area contributed by atoms with Gasteiger partial charge in [-0.25, -0.2) is 4.79 Å². The molecule has 1 saturated heterocycles. The third-order valence-corrected chi connectivity index (χ3v) is 3.41. The van der Waals surface area contributed by atoms with Crippen molar-refractivity contribution in [2.24, 2.45) is 0 Å². The van der Waals surface area contributed by atoms with Gasteiger partial charge >= 0.3 is 12.1 Å². The summed E-state index contributed by atoms with van der Waals surface area (Å²) in [4.78, 5) is 30.6. The number of ether oxygens (including phenoxy) is 2. The number of esters is 1. The Morgan fingerprint density at radius 2 is 1.96 bits per heavy atom. The molecule has 0 spiro atoms. The van der Waals surface area contributed by atoms with Gasteiger partial charge in [0.1, 0.15) is 6.04 Å². The van der Waals surface area contributed by atoms with Gasteiger partial charge in [0.25, 0.3) is 0 Å². The van der Waals surface area contributed by atoms with Crippen LogP contribution in [0.25, 0.3) is 0 Å². The van der Waals surface area contributed by atoms with Crippen LogP contribution in [-0.2, 0) is 25.5 Å². The molecule has 1 aromatic rings. The Morgan fingerprint density at radius 3 is 2.61 bits per heavy atom. The van der Waals surface area contributed by atoms with Crippen LogP contribution in [0.5, 0.6) is 0 Å². The quantitative estimate of drug-likeness (QED) is 0.625. The number of benzene rings is 1. The Bertz CT molecular complexity index is 502. The number of carbonyl (C=O) groups excluding carboxylic acids is 2. The third kappa shape index (κ3) is 5.54. The highest BCUT2D eigenvalue weighted by Gasteiger charge is 2.24. The lowest BCUT2D eigenvalue weighted by Gasteiger charge is -2.26. The molecule has 1 amide bonds. The lowest BCUT2D eigenvalue weighted by atomic mass is 10.1. The SMILES string of the molecule is CCOC(=O)[C@H](Cc1ccccc1)NOC(=O)N1CCOCC1. The van der Waals surface area contributed by atoms with Gasteiger partial charge in [-0.15, -0.1) is 5.48 Å². The first-order chi connectivity index (χ1) is 11.2. The molecule has 0 bridgehead atoms. The molecule has 1 heterocycles. The van der Waals surface area contributed by atoms with E-state index in [0.29, 0.717) is 32.7 Å². The second kappa shape index (κ2) is 9.12. The van der Waals surface area contributed by atoms with Gasteiger partial charge in [-0.05, 0) is 12.5 Å². The molecule has 0 aliphatic carbocycles. The molecule has 7 heteroatoms. The molecule has 7 nitrogen and oxygen atoms in total. The third-order valence-electron chi connectivity index (χ3n) is 3.41. The molecule has 1 fully saturated rings. The number of nitrogens with one attached hydrogen (secondary N) is 1. The molecule has 2 rings (SSSR count). The molecule has 1 aromatic carbocycles. The number of carbonyl (C=O) groups is 2. The maximum absolute atomic E-state index is 12.0. The van der Waals surface area contributed by atoms with Gasteiger partial charge in [-0.1, -0.05) is 30.3 Å². The first-order valence-corrected chi connectivity index (χ1v) is 7.70. The Balaban J connectivity index is 1.91. The Labute approximate surface area is 135 Å². The molecule has 126 valence electrons. The van der Waals surface area contributed by atoms with Crippen LogP contribution in [0.3, 0.4) is 0 Å². The predicted molar refractivity (Wildman–Crippen MR) is 82.6 cm³/mol. The first kappa shape index (κ1) is 17.2. The van der Waals surface area contributed by atoms with Crippen molar-refractivity contribution in [2.45, 2.75) is 19.4 Å². The second-order valence-electron chi connectivity index (χ2n) is 5.08. The van der Waals surface area contributed by atoms with Gasteiger partial charge in [-0.3, -0.25) is 4.79 Å². The highest BCUT2D eigenvalue weighted by molar-refractivity contribution is 5.76. The first-order valence-electron chi connectivity index (χ1n) is 7.70. The van der Waals surface area contributed by atoms with Crippen molar-refractivity contribution in [2.75, 3.05) is 32.9 Å². The molecule has 1 aliphatic rings. The van der Waals surface area contributed by atoms with E-state index in [1.807, 2.05) is 30.3 Å². The molecule has 1 atom stereocenters. The summed E-state index contributed by atoms with van der Waals surface area (Å²) >= 11 is 0. The monoisotopic (exact) mass is 322 g/mol. The minimum absolute atomic E-state index is 0.267. The largest absolute Gasteiger partial charge is 0.465 e. The lowest BCUT2D eigenvalue weighted by Crippen LogP contribution is -2.47. The predicted octanol–water partition coefficient (Wildman–Crippen LogP) is 1.13. The zero-order chi connectivity index (χ0) is 16.5. The summed E-state index contributed by atoms with van der Waals surface area (Å²) in [6.45, 7) is 3.92. The lowest BCUT2D eigenvalue weighted by molar-refractivity contribution is -0.148. The fourth-order valence-corrected chi connectivity index (χ4v) is 2.20. The Morgan fingerprint density at radius 1 is 1.26 bits per heavy atom. The van der Waals surface area contributed by atoms with Crippen LogP contribution in [0.15, 0.2) is 30.3 Å². The van der Waals surface area contributed by atoms with E-state index in [9.17, 15) is 9.59 Å². The van der Waals surface area contributed by atoms with E-state index in [1.54, 1.807) is 6.92 Å². The zero-order valence-electron chi connectivity index (χ0n) is 13.2. The van der Waals surface area contributed by atoms with E-state index in [2.05, 4.69) is 5.48 Å². The van der Waals surface area contributed by atoms with Gasteiger partial charge in [0.2, 0.25) is 0 Å². The molecule has 1 N–H and O–H groups in total. The summed E-state index contributed by atoms with van der Waals surface area (Å²) in [6.07, 6.45) is -0.147. The summed E-state index contributed by atoms with van der Waals surface area (Å²) in [6, 6.07) is 8.72. The maximum atomic E-state index is 12.0. The van der Waals surface area contributed by atoms with Gasteiger partial charge in [0.05, 0.1) is 19.8 Å². The van der Waals surface area contributed by atoms with Crippen LogP contribution in [0.1, 0.15) is 12.5 Å². The fourth-order valence-electron chi connectivity index (χ4n) is 2.20. The fraction of sp³-hybridized carbons (Fsp3) is 0.500. The Kier molecular flexibility index (Phi) is 6.83. The molecular formula is C16H22N2O5. The number of hydrogen-bond donors (Lipinski definition) is 1. The van der Waals surface area contributed by atoms with E-state index in [4.69, 9.17) is 14.3 Å². The van der Waals surface area contributed by atoms with Crippen molar-refractivity contribution in [1.82, 2.24) is 10.4 Å². The molecule has 0 saturated carbocycles. The van der Waals surface area contributed by atoms with Crippen LogP contribution in [0.4, 0.5) is 4.79 Å². The van der Waals surface area contributed by atoms with Crippen molar-refractivity contribution in [3.63, 3.8) is 0 Å². The summed E-state index contributed by atoms with van der Waals surface area (Å²) in [5.41, 5.74) is 3.49. The number of rotatable bonds is 6. The van der Waals surface area contributed by atoms with Crippen molar-refractivity contribution in [1.29, 1.82) is 0 Å². The summed E-state index contributed by atoms with van der Waals surface area (Å²) < 4.78 is 10.2. The standard InChI is InChI=1S/C16H22N2O5/c1-2-22-15(19)14(12-13-6-4-3-5-7-13)17-23-16(20)18-8-10-21-11-9-18/h3-7,14,17H,2,8-12H2,1H3/t14-/m0/s1. The maximum Gasteiger partial charge on any atom is 0.428 e. The molecule has 0 radical (unpaired) electrons. The average molecular weight is 322 g/mol. The summed E-state index contributed by atoms with van der Waals surface area (Å²) in [7, 11) is 0. The summed E-state index contributed by atoms with van der Waals surface area (Å²) in [5, 5.41) is 0. The molecular weight excluding hydrogens is 300 g/mol. The van der Waals surface area contributed by atoms with Gasteiger partial charge < -0.3 is 19.2 Å². The molecule has 23 heavy (non-hydrogen) atoms. The zero-order valence-corrected chi connectivity index (χ0v) is 13.2.